The number of aliphatic carboxylic acids is 1. The minimum atomic E-state index is -1.01. The van der Waals surface area contributed by atoms with Crippen LogP contribution >= 0.6 is 0 Å². The number of carboxylic acid groups (broad SMARTS) is 1. The molecule has 16 heavy (non-hydrogen) atoms. The summed E-state index contributed by atoms with van der Waals surface area (Å²) in [6, 6.07) is 2.60. The molecule has 0 bridgehead atoms. The molecule has 0 aliphatic heterocycles. The number of hydrogen-bond donors (Lipinski definition) is 3. The quantitative estimate of drug-likeness (QED) is 0.715. The first-order valence-electron chi connectivity index (χ1n) is 4.81. The van der Waals surface area contributed by atoms with Crippen molar-refractivity contribution in [2.24, 2.45) is 5.73 Å². The van der Waals surface area contributed by atoms with Gasteiger partial charge in [0.05, 0.1) is 13.5 Å². The lowest BCUT2D eigenvalue weighted by molar-refractivity contribution is -0.137. The smallest absolute Gasteiger partial charge is 0.305 e. The maximum Gasteiger partial charge on any atom is 0.305 e. The number of aryl methyl sites for hydroxylation is 1. The van der Waals surface area contributed by atoms with Crippen molar-refractivity contribution in [3.05, 3.63) is 23.3 Å². The summed E-state index contributed by atoms with van der Waals surface area (Å²) in [5.41, 5.74) is 6.82. The van der Waals surface area contributed by atoms with Crippen LogP contribution in [0.5, 0.6) is 11.5 Å². The minimum Gasteiger partial charge on any atom is -0.504 e. The molecule has 0 saturated heterocycles. The Balaban J connectivity index is 3.10. The Kier molecular flexibility index (Phi) is 3.73. The molecule has 88 valence electrons. The van der Waals surface area contributed by atoms with Crippen molar-refractivity contribution in [1.82, 2.24) is 0 Å². The Morgan fingerprint density at radius 3 is 2.69 bits per heavy atom. The summed E-state index contributed by atoms with van der Waals surface area (Å²) in [5, 5.41) is 18.5. The molecule has 0 fully saturated rings. The minimum absolute atomic E-state index is 0.0868. The van der Waals surface area contributed by atoms with Crippen LogP contribution in [0.3, 0.4) is 0 Å². The van der Waals surface area contributed by atoms with Crippen molar-refractivity contribution in [3.63, 3.8) is 0 Å². The number of phenolic OH excluding ortho intramolecular Hbond substituents is 1. The van der Waals surface area contributed by atoms with Gasteiger partial charge in [0.1, 0.15) is 0 Å². The number of carbonyl (C=O) groups is 1. The fourth-order valence-corrected chi connectivity index (χ4v) is 1.54. The van der Waals surface area contributed by atoms with Crippen molar-refractivity contribution in [1.29, 1.82) is 0 Å². The number of aromatic hydroxyl groups is 1. The average molecular weight is 225 g/mol. The lowest BCUT2D eigenvalue weighted by Crippen LogP contribution is -2.15. The van der Waals surface area contributed by atoms with E-state index < -0.39 is 12.0 Å². The van der Waals surface area contributed by atoms with Crippen molar-refractivity contribution in [2.75, 3.05) is 7.11 Å². The van der Waals surface area contributed by atoms with Gasteiger partial charge in [0, 0.05) is 11.6 Å². The van der Waals surface area contributed by atoms with Crippen LogP contribution in [-0.4, -0.2) is 23.3 Å². The molecular formula is C11H15NO4. The highest BCUT2D eigenvalue weighted by Crippen LogP contribution is 2.36. The van der Waals surface area contributed by atoms with E-state index in [1.807, 2.05) is 0 Å². The largest absolute Gasteiger partial charge is 0.504 e. The van der Waals surface area contributed by atoms with E-state index in [1.54, 1.807) is 19.1 Å². The van der Waals surface area contributed by atoms with Crippen molar-refractivity contribution < 1.29 is 19.7 Å². The van der Waals surface area contributed by atoms with Gasteiger partial charge in [-0.2, -0.15) is 0 Å². The highest BCUT2D eigenvalue weighted by molar-refractivity contribution is 5.68. The molecule has 1 aromatic rings. The third kappa shape index (κ3) is 2.43. The van der Waals surface area contributed by atoms with Gasteiger partial charge in [0.25, 0.3) is 0 Å². The lowest BCUT2D eigenvalue weighted by Gasteiger charge is -2.15. The predicted octanol–water partition coefficient (Wildman–Crippen LogP) is 1.18. The molecule has 1 atom stereocenters. The Morgan fingerprint density at radius 1 is 1.56 bits per heavy atom. The van der Waals surface area contributed by atoms with E-state index in [4.69, 9.17) is 15.6 Å². The topological polar surface area (TPSA) is 92.8 Å². The Bertz CT molecular complexity index is 403. The molecule has 0 heterocycles. The molecule has 1 aromatic carbocycles. The van der Waals surface area contributed by atoms with E-state index >= 15 is 0 Å². The molecular weight excluding hydrogens is 210 g/mol. The zero-order valence-corrected chi connectivity index (χ0v) is 9.23. The molecule has 0 aliphatic carbocycles. The summed E-state index contributed by atoms with van der Waals surface area (Å²) in [6.07, 6.45) is -0.236. The molecule has 1 unspecified atom stereocenters. The van der Waals surface area contributed by atoms with Crippen LogP contribution in [0.2, 0.25) is 0 Å². The molecule has 4 N–H and O–H groups in total. The first-order valence-corrected chi connectivity index (χ1v) is 4.81. The fourth-order valence-electron chi connectivity index (χ4n) is 1.54. The number of methoxy groups -OCH3 is 1. The number of benzene rings is 1. The number of phenols is 1. The standard InChI is InChI=1S/C11H15NO4/c1-6-3-4-7(8(12)5-9(13)14)10(15)11(6)16-2/h3-4,8,15H,5,12H2,1-2H3,(H,13,14). The zero-order chi connectivity index (χ0) is 12.3. The van der Waals surface area contributed by atoms with Gasteiger partial charge in [-0.3, -0.25) is 4.79 Å². The Labute approximate surface area is 93.5 Å². The number of rotatable bonds is 4. The summed E-state index contributed by atoms with van der Waals surface area (Å²) < 4.78 is 5.02. The van der Waals surface area contributed by atoms with Crippen LogP contribution in [0.1, 0.15) is 23.6 Å². The van der Waals surface area contributed by atoms with Crippen molar-refractivity contribution in [3.8, 4) is 11.5 Å². The summed E-state index contributed by atoms with van der Waals surface area (Å²) in [4.78, 5) is 10.5. The van der Waals surface area contributed by atoms with Gasteiger partial charge < -0.3 is 20.7 Å². The van der Waals surface area contributed by atoms with Gasteiger partial charge >= 0.3 is 5.97 Å². The van der Waals surface area contributed by atoms with E-state index in [2.05, 4.69) is 0 Å². The highest BCUT2D eigenvalue weighted by Gasteiger charge is 2.18. The molecule has 0 amide bonds. The van der Waals surface area contributed by atoms with E-state index in [-0.39, 0.29) is 12.2 Å². The molecule has 0 radical (unpaired) electrons. The summed E-state index contributed by atoms with van der Waals surface area (Å²) in [7, 11) is 1.44. The van der Waals surface area contributed by atoms with Crippen LogP contribution in [0.25, 0.3) is 0 Å². The first-order chi connectivity index (χ1) is 7.47. The highest BCUT2D eigenvalue weighted by atomic mass is 16.5. The van der Waals surface area contributed by atoms with Crippen molar-refractivity contribution in [2.45, 2.75) is 19.4 Å². The number of ether oxygens (including phenoxy) is 1. The van der Waals surface area contributed by atoms with Gasteiger partial charge in [-0.15, -0.1) is 0 Å². The number of nitrogens with two attached hydrogens (primary N) is 1. The van der Waals surface area contributed by atoms with Gasteiger partial charge in [-0.1, -0.05) is 12.1 Å². The van der Waals surface area contributed by atoms with Crippen LogP contribution in [0.4, 0.5) is 0 Å². The molecule has 0 saturated carbocycles. The van der Waals surface area contributed by atoms with Crippen LogP contribution < -0.4 is 10.5 Å². The summed E-state index contributed by atoms with van der Waals surface area (Å²) in [6.45, 7) is 1.78. The monoisotopic (exact) mass is 225 g/mol. The second kappa shape index (κ2) is 4.85. The van der Waals surface area contributed by atoms with Gasteiger partial charge in [-0.05, 0) is 12.5 Å². The normalized spacial score (nSPS) is 12.2. The Hall–Kier alpha value is -1.75. The summed E-state index contributed by atoms with van der Waals surface area (Å²) >= 11 is 0. The third-order valence-electron chi connectivity index (χ3n) is 2.36. The maximum absolute atomic E-state index is 10.5. The van der Waals surface area contributed by atoms with E-state index in [0.717, 1.165) is 5.56 Å². The van der Waals surface area contributed by atoms with Gasteiger partial charge in [0.15, 0.2) is 11.5 Å². The Morgan fingerprint density at radius 2 is 2.19 bits per heavy atom. The fraction of sp³-hybridized carbons (Fsp3) is 0.364. The van der Waals surface area contributed by atoms with Crippen LogP contribution in [0, 0.1) is 6.92 Å². The molecule has 5 heteroatoms. The molecule has 0 aliphatic rings. The summed E-state index contributed by atoms with van der Waals surface area (Å²) in [5.74, 6) is -0.763. The van der Waals surface area contributed by atoms with E-state index in [9.17, 15) is 9.90 Å². The van der Waals surface area contributed by atoms with Crippen LogP contribution in [-0.2, 0) is 4.79 Å². The van der Waals surface area contributed by atoms with Gasteiger partial charge in [-0.25, -0.2) is 0 Å². The van der Waals surface area contributed by atoms with Crippen molar-refractivity contribution >= 4 is 5.97 Å². The second-order valence-corrected chi connectivity index (χ2v) is 3.56. The third-order valence-corrected chi connectivity index (χ3v) is 2.36. The predicted molar refractivity (Wildman–Crippen MR) is 58.6 cm³/mol. The van der Waals surface area contributed by atoms with E-state index in [1.165, 1.54) is 7.11 Å². The maximum atomic E-state index is 10.5. The SMILES string of the molecule is COc1c(C)ccc(C(N)CC(=O)O)c1O. The average Bonchev–Trinajstić information content (AvgIpc) is 2.17. The lowest BCUT2D eigenvalue weighted by atomic mass is 10.0. The molecule has 0 spiro atoms. The molecule has 1 rings (SSSR count). The molecule has 5 nitrogen and oxygen atoms in total. The van der Waals surface area contributed by atoms with Crippen LogP contribution in [0.15, 0.2) is 12.1 Å². The zero-order valence-electron chi connectivity index (χ0n) is 9.23. The first kappa shape index (κ1) is 12.3. The second-order valence-electron chi connectivity index (χ2n) is 3.56. The van der Waals surface area contributed by atoms with E-state index in [0.29, 0.717) is 11.3 Å². The molecule has 0 aromatic heterocycles. The number of hydrogen-bond acceptors (Lipinski definition) is 4. The van der Waals surface area contributed by atoms with Gasteiger partial charge in [0.2, 0.25) is 0 Å². The number of carboxylic acids is 1.